The van der Waals surface area contributed by atoms with E-state index < -0.39 is 96.8 Å². The molecule has 0 saturated carbocycles. The number of unbranched alkanes of at least 4 members (excludes halogenated alkanes) is 2. The molecular formula is C70H96F6N12O18. The number of carboxylic acids is 2. The second-order valence-corrected chi connectivity index (χ2v) is 24.1. The molecule has 0 aliphatic rings. The molecule has 586 valence electrons. The van der Waals surface area contributed by atoms with Crippen molar-refractivity contribution < 1.29 is 113 Å². The lowest BCUT2D eigenvalue weighted by atomic mass is 10.0. The topological polar surface area (TPSA) is 413 Å². The molecule has 0 spiro atoms. The highest BCUT2D eigenvalue weighted by atomic mass is 19.4. The summed E-state index contributed by atoms with van der Waals surface area (Å²) < 4.78 is 108. The summed E-state index contributed by atoms with van der Waals surface area (Å²) in [4.78, 5) is 135. The zero-order valence-electron chi connectivity index (χ0n) is 59.2. The molecule has 4 unspecified atom stereocenters. The number of aliphatic carboxylic acids is 2. The third kappa shape index (κ3) is 42.1. The minimum atomic E-state index is -5.02. The van der Waals surface area contributed by atoms with Gasteiger partial charge in [0.25, 0.3) is 0 Å². The Labute approximate surface area is 609 Å². The summed E-state index contributed by atoms with van der Waals surface area (Å²) in [6.07, 6.45) is -6.03. The highest BCUT2D eigenvalue weighted by Crippen LogP contribution is 2.29. The lowest BCUT2D eigenvalue weighted by molar-refractivity contribution is -0.275. The minimum Gasteiger partial charge on any atom is -0.481 e. The van der Waals surface area contributed by atoms with Crippen LogP contribution in [0.5, 0.6) is 11.5 Å². The van der Waals surface area contributed by atoms with Crippen molar-refractivity contribution in [3.63, 3.8) is 0 Å². The first kappa shape index (κ1) is 88.5. The van der Waals surface area contributed by atoms with Crippen molar-refractivity contribution in [3.8, 4) is 11.5 Å². The maximum absolute atomic E-state index is 13.7. The molecule has 4 aromatic rings. The molecule has 36 heteroatoms. The van der Waals surface area contributed by atoms with Crippen LogP contribution in [0.1, 0.15) is 137 Å². The number of pyridine rings is 2. The summed E-state index contributed by atoms with van der Waals surface area (Å²) in [6, 6.07) is 11.5. The molecule has 8 amide bonds. The van der Waals surface area contributed by atoms with Crippen LogP contribution < -0.4 is 62.6 Å². The van der Waals surface area contributed by atoms with Crippen LogP contribution in [0, 0.1) is 13.8 Å². The average molecular weight is 1510 g/mol. The van der Waals surface area contributed by atoms with Gasteiger partial charge in [0, 0.05) is 90.2 Å². The van der Waals surface area contributed by atoms with Crippen molar-refractivity contribution in [2.75, 3.05) is 103 Å². The van der Waals surface area contributed by atoms with Gasteiger partial charge >= 0.3 is 24.7 Å². The molecule has 12 N–H and O–H groups in total. The number of hydrogen-bond acceptors (Lipinski definition) is 20. The molecule has 0 aliphatic carbocycles. The number of rotatable bonds is 55. The van der Waals surface area contributed by atoms with Crippen molar-refractivity contribution >= 4 is 70.8 Å². The summed E-state index contributed by atoms with van der Waals surface area (Å²) in [6.45, 7) is 6.38. The van der Waals surface area contributed by atoms with Gasteiger partial charge in [-0.2, -0.15) is 0 Å². The smallest absolute Gasteiger partial charge is 0.481 e. The molecule has 30 nitrogen and oxygen atoms in total. The Hall–Kier alpha value is -9.94. The van der Waals surface area contributed by atoms with Gasteiger partial charge in [-0.3, -0.25) is 47.9 Å². The van der Waals surface area contributed by atoms with Crippen molar-refractivity contribution in [3.05, 3.63) is 107 Å². The highest BCUT2D eigenvalue weighted by molar-refractivity contribution is 5.89. The number of carbonyl (C=O) groups is 10. The molecule has 0 bridgehead atoms. The number of carboxylic acid groups (broad SMARTS) is 2. The van der Waals surface area contributed by atoms with E-state index in [1.807, 2.05) is 38.1 Å². The second kappa shape index (κ2) is 49.7. The predicted octanol–water partition coefficient (Wildman–Crippen LogP) is 6.04. The van der Waals surface area contributed by atoms with Crippen molar-refractivity contribution in [1.82, 2.24) is 52.5 Å². The molecule has 2 aromatic carbocycles. The van der Waals surface area contributed by atoms with Gasteiger partial charge in [-0.15, -0.1) is 26.3 Å². The quantitative estimate of drug-likeness (QED) is 0.0177. The van der Waals surface area contributed by atoms with Crippen LogP contribution in [0.2, 0.25) is 0 Å². The van der Waals surface area contributed by atoms with E-state index in [1.165, 1.54) is 24.3 Å². The fourth-order valence-electron chi connectivity index (χ4n) is 10.0. The molecule has 0 aliphatic heterocycles. The van der Waals surface area contributed by atoms with Crippen LogP contribution in [0.15, 0.2) is 85.2 Å². The first-order valence-corrected chi connectivity index (χ1v) is 34.6. The number of benzene rings is 2. The Morgan fingerprint density at radius 2 is 0.774 bits per heavy atom. The van der Waals surface area contributed by atoms with E-state index in [9.17, 15) is 84.5 Å². The summed E-state index contributed by atoms with van der Waals surface area (Å²) in [5, 5.41) is 46.7. The number of halogens is 6. The second-order valence-electron chi connectivity index (χ2n) is 24.1. The van der Waals surface area contributed by atoms with Gasteiger partial charge < -0.3 is 91.8 Å². The lowest BCUT2D eigenvalue weighted by Gasteiger charge is -2.24. The molecule has 2 heterocycles. The van der Waals surface area contributed by atoms with Crippen LogP contribution in [0.25, 0.3) is 0 Å². The third-order valence-corrected chi connectivity index (χ3v) is 15.2. The number of alkyl halides is 6. The van der Waals surface area contributed by atoms with Gasteiger partial charge in [0.05, 0.1) is 77.8 Å². The summed E-state index contributed by atoms with van der Waals surface area (Å²) >= 11 is 0. The summed E-state index contributed by atoms with van der Waals surface area (Å²) in [5.74, 6) is -6.60. The van der Waals surface area contributed by atoms with Crippen molar-refractivity contribution in [2.24, 2.45) is 0 Å². The Kier molecular flexibility index (Phi) is 41.5. The van der Waals surface area contributed by atoms with Gasteiger partial charge in [0.1, 0.15) is 35.2 Å². The number of ether oxygens (including phenoxy) is 6. The summed E-state index contributed by atoms with van der Waals surface area (Å²) in [5.41, 5.74) is 2.01. The predicted molar refractivity (Wildman–Crippen MR) is 371 cm³/mol. The average Bonchev–Trinajstić information content (AvgIpc) is 0.848. The van der Waals surface area contributed by atoms with Crippen LogP contribution in [0.4, 0.5) is 38.0 Å². The lowest BCUT2D eigenvalue weighted by Crippen LogP contribution is -2.48. The zero-order valence-corrected chi connectivity index (χ0v) is 59.2. The fourth-order valence-corrected chi connectivity index (χ4v) is 10.0. The van der Waals surface area contributed by atoms with Crippen LogP contribution in [-0.4, -0.2) is 196 Å². The highest BCUT2D eigenvalue weighted by Gasteiger charge is 2.34. The Balaban J connectivity index is 1.01. The maximum atomic E-state index is 13.7. The van der Waals surface area contributed by atoms with Crippen molar-refractivity contribution in [2.45, 2.75) is 153 Å². The Bertz CT molecular complexity index is 3180. The van der Waals surface area contributed by atoms with E-state index in [0.717, 1.165) is 35.4 Å². The first-order chi connectivity index (χ1) is 50.6. The number of nitrogens with one attached hydrogen (secondary N) is 10. The van der Waals surface area contributed by atoms with Gasteiger partial charge in [-0.1, -0.05) is 24.3 Å². The molecule has 0 fully saturated rings. The van der Waals surface area contributed by atoms with Gasteiger partial charge in [0.2, 0.25) is 47.3 Å². The summed E-state index contributed by atoms with van der Waals surface area (Å²) in [7, 11) is 0. The van der Waals surface area contributed by atoms with Gasteiger partial charge in [-0.05, 0) is 136 Å². The zero-order chi connectivity index (χ0) is 77.5. The number of anilines is 2. The van der Waals surface area contributed by atoms with E-state index in [-0.39, 0.29) is 165 Å². The van der Waals surface area contributed by atoms with E-state index in [1.54, 1.807) is 12.4 Å². The maximum Gasteiger partial charge on any atom is 0.573 e. The molecule has 0 radical (unpaired) electrons. The van der Waals surface area contributed by atoms with E-state index >= 15 is 0 Å². The van der Waals surface area contributed by atoms with E-state index in [2.05, 4.69) is 72.6 Å². The molecule has 4 rings (SSSR count). The molecule has 4 atom stereocenters. The van der Waals surface area contributed by atoms with Crippen LogP contribution in [0.3, 0.4) is 0 Å². The third-order valence-electron chi connectivity index (χ3n) is 15.2. The minimum absolute atomic E-state index is 0.00837. The van der Waals surface area contributed by atoms with Gasteiger partial charge in [-0.25, -0.2) is 9.97 Å². The van der Waals surface area contributed by atoms with Crippen LogP contribution >= 0.6 is 0 Å². The Morgan fingerprint density at radius 1 is 0.406 bits per heavy atom. The fraction of sp³-hybridized carbons (Fsp3) is 0.543. The van der Waals surface area contributed by atoms with E-state index in [4.69, 9.17) is 18.9 Å². The Morgan fingerprint density at radius 3 is 1.14 bits per heavy atom. The number of amides is 8. The largest absolute Gasteiger partial charge is 0.573 e. The normalized spacial score (nSPS) is 12.4. The molecule has 106 heavy (non-hydrogen) atoms. The number of aryl methyl sites for hydroxylation is 2. The standard InChI is InChI=1S/C70H96F6N12O18/c1-47-21-29-79-57(41-47)77-27-9-17-63(93)85-53(67(99)87-55(45-65(95)96)49-11-7-13-51(43-49)105-69(71,72)73)15-3-5-25-81-61(91)23-33-101-37-39-103-35-31-83-59(89)19-20-60(90)84-32-36-104-40-38-102-34-24-62(92)82-26-6-4-16-54(86-64(94)18-10-28-78-58-42-48(2)22-30-80-58)68(100)88-56(46-66(97)98)50-12-8-14-52(44-50)106-70(74,75)76/h7-8,11-14,21-22,29-30,41-44,53-56H,3-6,9-10,15-20,23-28,31-40,45-46H2,1-2H3,(H,77,79)(H,78,80)(H,81,91)(H,82,92)(H,83,89)(H,84,90)(H,85,93)(H,86,94)(H,87,99)(H,88,100)(H,95,96)(H,97,98). The molecule has 0 saturated heterocycles. The SMILES string of the molecule is Cc1ccnc(NCCCC(=O)NC(CCCCNC(=O)CCOCCOCCNC(=O)CCC(=O)NCCOCCOCCC(=O)NCCCCC(NC(=O)CCCNc2cc(C)ccn2)C(=O)NC(CC(=O)O)c2cccc(OC(F)(F)F)c2)C(=O)NC(CC(=O)O)c2cccc(OC(F)(F)F)c2)c1. The van der Waals surface area contributed by atoms with Crippen LogP contribution in [-0.2, 0) is 66.9 Å². The number of carbonyl (C=O) groups excluding carboxylic acids is 8. The first-order valence-electron chi connectivity index (χ1n) is 34.6. The number of nitrogens with zero attached hydrogens (tertiary/aromatic N) is 2. The van der Waals surface area contributed by atoms with E-state index in [0.29, 0.717) is 63.3 Å². The number of hydrogen-bond donors (Lipinski definition) is 12. The van der Waals surface area contributed by atoms with Gasteiger partial charge in [0.15, 0.2) is 0 Å². The molecular weight excluding hydrogens is 1410 g/mol. The monoisotopic (exact) mass is 1510 g/mol. The number of aromatic nitrogens is 2. The molecule has 2 aromatic heterocycles. The van der Waals surface area contributed by atoms with Crippen molar-refractivity contribution in [1.29, 1.82) is 0 Å².